The van der Waals surface area contributed by atoms with Crippen LogP contribution in [0.3, 0.4) is 0 Å². The molecular weight excluding hydrogens is 257 g/mol. The fourth-order valence-corrected chi connectivity index (χ4v) is 3.34. The van der Waals surface area contributed by atoms with Crippen molar-refractivity contribution in [3.63, 3.8) is 0 Å². The zero-order chi connectivity index (χ0) is 13.7. The fourth-order valence-electron chi connectivity index (χ4n) is 2.39. The van der Waals surface area contributed by atoms with Crippen LogP contribution in [0.4, 0.5) is 5.69 Å². The molecule has 1 heterocycles. The summed E-state index contributed by atoms with van der Waals surface area (Å²) in [5.41, 5.74) is 3.12. The Balaban J connectivity index is 2.29. The number of hydrogen-bond acceptors (Lipinski definition) is 3. The molecule has 1 aliphatic rings. The van der Waals surface area contributed by atoms with Crippen molar-refractivity contribution in [3.8, 4) is 0 Å². The van der Waals surface area contributed by atoms with E-state index in [0.717, 1.165) is 42.4 Å². The van der Waals surface area contributed by atoms with Crippen LogP contribution < -0.4 is 4.83 Å². The van der Waals surface area contributed by atoms with Gasteiger partial charge in [0.1, 0.15) is 0 Å². The molecule has 1 fully saturated rings. The van der Waals surface area contributed by atoms with Crippen LogP contribution in [0.5, 0.6) is 0 Å². The molecule has 1 unspecified atom stereocenters. The van der Waals surface area contributed by atoms with Crippen LogP contribution in [0.2, 0.25) is 0 Å². The SMILES string of the molecule is CCCCCc1c(C(C)=O)cccc1N1OCCP1. The van der Waals surface area contributed by atoms with Gasteiger partial charge in [-0.2, -0.15) is 0 Å². The van der Waals surface area contributed by atoms with Crippen molar-refractivity contribution in [2.75, 3.05) is 17.6 Å². The van der Waals surface area contributed by atoms with Crippen LogP contribution in [0.25, 0.3) is 0 Å². The predicted molar refractivity (Wildman–Crippen MR) is 81.3 cm³/mol. The van der Waals surface area contributed by atoms with Gasteiger partial charge >= 0.3 is 0 Å². The molecule has 2 rings (SSSR count). The molecule has 1 atom stereocenters. The Morgan fingerprint density at radius 3 is 2.89 bits per heavy atom. The van der Waals surface area contributed by atoms with Crippen LogP contribution in [0.15, 0.2) is 18.2 Å². The first-order valence-electron chi connectivity index (χ1n) is 7.03. The summed E-state index contributed by atoms with van der Waals surface area (Å²) in [4.78, 5) is 19.4. The maximum absolute atomic E-state index is 11.8. The smallest absolute Gasteiger partial charge is 0.160 e. The van der Waals surface area contributed by atoms with Crippen molar-refractivity contribution in [2.24, 2.45) is 0 Å². The number of Topliss-reactive ketones (excluding diaryl/α,β-unsaturated/α-hetero) is 1. The predicted octanol–water partition coefficient (Wildman–Crippen LogP) is 3.97. The zero-order valence-corrected chi connectivity index (χ0v) is 12.7. The Labute approximate surface area is 117 Å². The molecule has 3 nitrogen and oxygen atoms in total. The first kappa shape index (κ1) is 14.5. The number of unbranched alkanes of at least 4 members (excludes halogenated alkanes) is 2. The second-order valence-electron chi connectivity index (χ2n) is 4.85. The monoisotopic (exact) mass is 279 g/mol. The summed E-state index contributed by atoms with van der Waals surface area (Å²) in [6, 6.07) is 5.97. The van der Waals surface area contributed by atoms with E-state index >= 15 is 0 Å². The Bertz CT molecular complexity index is 442. The number of ketones is 1. The van der Waals surface area contributed by atoms with Crippen LogP contribution in [0.1, 0.15) is 49.0 Å². The lowest BCUT2D eigenvalue weighted by Gasteiger charge is -2.21. The second kappa shape index (κ2) is 7.02. The lowest BCUT2D eigenvalue weighted by atomic mass is 9.97. The Morgan fingerprint density at radius 1 is 1.42 bits per heavy atom. The quantitative estimate of drug-likeness (QED) is 0.448. The van der Waals surface area contributed by atoms with Crippen molar-refractivity contribution >= 4 is 20.2 Å². The normalized spacial score (nSPS) is 16.2. The summed E-state index contributed by atoms with van der Waals surface area (Å²) < 4.78 is 0. The molecule has 1 saturated heterocycles. The van der Waals surface area contributed by atoms with Gasteiger partial charge in [0, 0.05) is 20.5 Å². The summed E-state index contributed by atoms with van der Waals surface area (Å²) in [5.74, 6) is 0.149. The van der Waals surface area contributed by atoms with Gasteiger partial charge in [-0.3, -0.25) is 9.63 Å². The number of hydrogen-bond donors (Lipinski definition) is 0. The number of rotatable bonds is 6. The van der Waals surface area contributed by atoms with Crippen LogP contribution in [-0.2, 0) is 11.3 Å². The van der Waals surface area contributed by atoms with E-state index in [-0.39, 0.29) is 5.78 Å². The molecule has 19 heavy (non-hydrogen) atoms. The molecule has 0 amide bonds. The van der Waals surface area contributed by atoms with E-state index in [1.165, 1.54) is 12.8 Å². The summed E-state index contributed by atoms with van der Waals surface area (Å²) in [7, 11) is 0.669. The van der Waals surface area contributed by atoms with E-state index in [1.807, 2.05) is 17.0 Å². The van der Waals surface area contributed by atoms with Gasteiger partial charge in [0.15, 0.2) is 5.78 Å². The number of benzene rings is 1. The standard InChI is InChI=1S/C15H22NO2P/c1-3-4-5-7-14-13(12(2)17)8-6-9-15(14)16-18-10-11-19-16/h6,8-9,19H,3-5,7,10-11H2,1-2H3. The molecule has 0 bridgehead atoms. The lowest BCUT2D eigenvalue weighted by molar-refractivity contribution is 0.101. The average molecular weight is 279 g/mol. The van der Waals surface area contributed by atoms with Crippen molar-refractivity contribution in [2.45, 2.75) is 39.5 Å². The summed E-state index contributed by atoms with van der Waals surface area (Å²) in [6.45, 7) is 4.63. The van der Waals surface area contributed by atoms with E-state index in [2.05, 4.69) is 13.0 Å². The first-order valence-corrected chi connectivity index (χ1v) is 8.19. The molecular formula is C15H22NO2P. The highest BCUT2D eigenvalue weighted by molar-refractivity contribution is 7.40. The molecule has 0 radical (unpaired) electrons. The number of carbonyl (C=O) groups excluding carboxylic acids is 1. The van der Waals surface area contributed by atoms with E-state index in [1.54, 1.807) is 6.92 Å². The first-order chi connectivity index (χ1) is 9.24. The molecule has 1 aliphatic heterocycles. The van der Waals surface area contributed by atoms with Gasteiger partial charge in [-0.1, -0.05) is 31.9 Å². The molecule has 0 N–H and O–H groups in total. The third-order valence-corrected chi connectivity index (χ3v) is 4.44. The molecule has 0 saturated carbocycles. The summed E-state index contributed by atoms with van der Waals surface area (Å²) in [5, 5.41) is 0. The maximum Gasteiger partial charge on any atom is 0.160 e. The third kappa shape index (κ3) is 3.55. The van der Waals surface area contributed by atoms with Crippen LogP contribution in [0, 0.1) is 0 Å². The Hall–Kier alpha value is -0.920. The highest BCUT2D eigenvalue weighted by Crippen LogP contribution is 2.36. The van der Waals surface area contributed by atoms with Crippen molar-refractivity contribution < 1.29 is 9.63 Å². The number of carbonyl (C=O) groups is 1. The van der Waals surface area contributed by atoms with Crippen molar-refractivity contribution in [1.29, 1.82) is 0 Å². The molecule has 0 aliphatic carbocycles. The van der Waals surface area contributed by atoms with E-state index < -0.39 is 0 Å². The van der Waals surface area contributed by atoms with Gasteiger partial charge in [0.25, 0.3) is 0 Å². The second-order valence-corrected chi connectivity index (χ2v) is 6.07. The zero-order valence-electron chi connectivity index (χ0n) is 11.7. The van der Waals surface area contributed by atoms with E-state index in [9.17, 15) is 4.79 Å². The van der Waals surface area contributed by atoms with Crippen molar-refractivity contribution in [3.05, 3.63) is 29.3 Å². The molecule has 0 spiro atoms. The number of anilines is 1. The minimum Gasteiger partial charge on any atom is -0.294 e. The molecule has 1 aromatic carbocycles. The van der Waals surface area contributed by atoms with E-state index in [4.69, 9.17) is 4.84 Å². The topological polar surface area (TPSA) is 29.5 Å². The molecule has 104 valence electrons. The van der Waals surface area contributed by atoms with Gasteiger partial charge in [0.05, 0.1) is 12.3 Å². The van der Waals surface area contributed by atoms with Crippen LogP contribution >= 0.6 is 8.73 Å². The van der Waals surface area contributed by atoms with Gasteiger partial charge in [-0.25, -0.2) is 4.83 Å². The summed E-state index contributed by atoms with van der Waals surface area (Å²) in [6.07, 6.45) is 5.57. The molecule has 0 aromatic heterocycles. The van der Waals surface area contributed by atoms with Crippen molar-refractivity contribution in [1.82, 2.24) is 0 Å². The minimum absolute atomic E-state index is 0.149. The summed E-state index contributed by atoms with van der Waals surface area (Å²) >= 11 is 0. The molecule has 1 aromatic rings. The number of nitrogens with zero attached hydrogens (tertiary/aromatic N) is 1. The maximum atomic E-state index is 11.8. The Morgan fingerprint density at radius 2 is 2.26 bits per heavy atom. The third-order valence-electron chi connectivity index (χ3n) is 3.36. The average Bonchev–Trinajstić information content (AvgIpc) is 2.92. The minimum atomic E-state index is 0.149. The van der Waals surface area contributed by atoms with Gasteiger partial charge in [-0.05, 0) is 31.4 Å². The molecule has 4 heteroatoms. The van der Waals surface area contributed by atoms with Gasteiger partial charge < -0.3 is 0 Å². The van der Waals surface area contributed by atoms with E-state index in [0.29, 0.717) is 8.73 Å². The highest BCUT2D eigenvalue weighted by atomic mass is 31.1. The largest absolute Gasteiger partial charge is 0.294 e. The highest BCUT2D eigenvalue weighted by Gasteiger charge is 2.20. The van der Waals surface area contributed by atoms with Gasteiger partial charge in [0.2, 0.25) is 0 Å². The van der Waals surface area contributed by atoms with Crippen LogP contribution in [-0.4, -0.2) is 18.6 Å². The lowest BCUT2D eigenvalue weighted by Crippen LogP contribution is -2.12. The fraction of sp³-hybridized carbons (Fsp3) is 0.533. The Kier molecular flexibility index (Phi) is 5.35. The van der Waals surface area contributed by atoms with Gasteiger partial charge in [-0.15, -0.1) is 0 Å².